The molecule has 0 saturated heterocycles. The summed E-state index contributed by atoms with van der Waals surface area (Å²) in [5.41, 5.74) is 7.24. The number of rotatable bonds is 3. The number of nitrogens with zero attached hydrogens (tertiary/aromatic N) is 3. The van der Waals surface area contributed by atoms with Crippen LogP contribution < -0.4 is 5.73 Å². The van der Waals surface area contributed by atoms with Crippen molar-refractivity contribution in [1.82, 2.24) is 15.2 Å². The van der Waals surface area contributed by atoms with Gasteiger partial charge in [-0.25, -0.2) is 4.98 Å². The van der Waals surface area contributed by atoms with Crippen molar-refractivity contribution in [1.29, 1.82) is 5.26 Å². The van der Waals surface area contributed by atoms with Crippen LogP contribution >= 0.6 is 0 Å². The number of nitrogens with one attached hydrogen (secondary N) is 1. The summed E-state index contributed by atoms with van der Waals surface area (Å²) in [5, 5.41) is 16.7. The zero-order valence-electron chi connectivity index (χ0n) is 11.6. The minimum absolute atomic E-state index is 0.167. The second-order valence-corrected chi connectivity index (χ2v) is 4.68. The van der Waals surface area contributed by atoms with Gasteiger partial charge in [0.25, 0.3) is 5.91 Å². The molecular formula is C15H11N5O2. The number of amides is 1. The molecule has 0 aromatic carbocycles. The molecule has 0 radical (unpaired) electrons. The third-order valence-electron chi connectivity index (χ3n) is 3.18. The Kier molecular flexibility index (Phi) is 3.20. The number of aryl methyl sites for hydroxylation is 1. The summed E-state index contributed by atoms with van der Waals surface area (Å²) < 4.78 is 5.61. The van der Waals surface area contributed by atoms with E-state index >= 15 is 0 Å². The topological polar surface area (TPSA) is 122 Å². The predicted molar refractivity (Wildman–Crippen MR) is 79.1 cm³/mol. The van der Waals surface area contributed by atoms with E-state index in [2.05, 4.69) is 15.2 Å². The maximum Gasteiger partial charge on any atom is 0.259 e. The highest BCUT2D eigenvalue weighted by Crippen LogP contribution is 2.26. The molecule has 3 aromatic heterocycles. The molecule has 0 unspecified atom stereocenters. The Morgan fingerprint density at radius 1 is 1.50 bits per heavy atom. The van der Waals surface area contributed by atoms with Gasteiger partial charge in [-0.3, -0.25) is 9.89 Å². The zero-order chi connectivity index (χ0) is 15.7. The van der Waals surface area contributed by atoms with Crippen LogP contribution in [0, 0.1) is 18.3 Å². The highest BCUT2D eigenvalue weighted by atomic mass is 16.3. The predicted octanol–water partition coefficient (Wildman–Crippen LogP) is 1.92. The van der Waals surface area contributed by atoms with E-state index < -0.39 is 5.91 Å². The number of carbonyl (C=O) groups excluding carboxylic acids is 1. The molecule has 0 atom stereocenters. The maximum absolute atomic E-state index is 11.0. The molecule has 1 amide bonds. The van der Waals surface area contributed by atoms with Gasteiger partial charge in [0, 0.05) is 28.9 Å². The first-order valence-corrected chi connectivity index (χ1v) is 6.41. The minimum atomic E-state index is -0.794. The number of pyridine rings is 1. The summed E-state index contributed by atoms with van der Waals surface area (Å²) in [5.74, 6) is 0.148. The van der Waals surface area contributed by atoms with Crippen LogP contribution in [0.4, 0.5) is 0 Å². The molecule has 3 heterocycles. The van der Waals surface area contributed by atoms with Crippen molar-refractivity contribution in [2.45, 2.75) is 6.92 Å². The van der Waals surface area contributed by atoms with Crippen molar-refractivity contribution >= 4 is 23.0 Å². The summed E-state index contributed by atoms with van der Waals surface area (Å²) in [4.78, 5) is 15.3. The number of furan rings is 1. The van der Waals surface area contributed by atoms with E-state index in [0.717, 1.165) is 16.6 Å². The Morgan fingerprint density at radius 2 is 2.32 bits per heavy atom. The molecule has 7 nitrogen and oxygen atoms in total. The molecule has 0 saturated carbocycles. The lowest BCUT2D eigenvalue weighted by Crippen LogP contribution is -2.12. The third-order valence-corrected chi connectivity index (χ3v) is 3.18. The molecule has 3 aromatic rings. The number of aromatic amines is 1. The smallest absolute Gasteiger partial charge is 0.259 e. The van der Waals surface area contributed by atoms with Crippen molar-refractivity contribution in [2.24, 2.45) is 5.73 Å². The lowest BCUT2D eigenvalue weighted by atomic mass is 10.2. The van der Waals surface area contributed by atoms with Crippen LogP contribution in [0.3, 0.4) is 0 Å². The average Bonchev–Trinajstić information content (AvgIpc) is 3.11. The van der Waals surface area contributed by atoms with E-state index in [4.69, 9.17) is 15.4 Å². The van der Waals surface area contributed by atoms with E-state index in [0.29, 0.717) is 17.2 Å². The molecule has 108 valence electrons. The molecule has 0 aliphatic heterocycles. The number of nitriles is 1. The van der Waals surface area contributed by atoms with Gasteiger partial charge in [-0.1, -0.05) is 0 Å². The van der Waals surface area contributed by atoms with Crippen LogP contribution in [0.1, 0.15) is 11.5 Å². The second kappa shape index (κ2) is 5.18. The molecule has 22 heavy (non-hydrogen) atoms. The summed E-state index contributed by atoms with van der Waals surface area (Å²) in [7, 11) is 0. The number of hydrogen-bond donors (Lipinski definition) is 2. The first kappa shape index (κ1) is 13.6. The Labute approximate surface area is 125 Å². The maximum atomic E-state index is 11.0. The first-order chi connectivity index (χ1) is 10.6. The number of carbonyl (C=O) groups is 1. The van der Waals surface area contributed by atoms with Crippen LogP contribution in [0.15, 0.2) is 34.4 Å². The second-order valence-electron chi connectivity index (χ2n) is 4.68. The van der Waals surface area contributed by atoms with Gasteiger partial charge < -0.3 is 10.2 Å². The van der Waals surface area contributed by atoms with Gasteiger partial charge in [0.1, 0.15) is 23.2 Å². The zero-order valence-corrected chi connectivity index (χ0v) is 11.6. The van der Waals surface area contributed by atoms with Crippen LogP contribution in [0.25, 0.3) is 28.4 Å². The Morgan fingerprint density at radius 3 is 3.05 bits per heavy atom. The molecular weight excluding hydrogens is 282 g/mol. The summed E-state index contributed by atoms with van der Waals surface area (Å²) >= 11 is 0. The summed E-state index contributed by atoms with van der Waals surface area (Å²) in [6, 6.07) is 7.03. The lowest BCUT2D eigenvalue weighted by molar-refractivity contribution is -0.114. The number of nitrogens with two attached hydrogens (primary N) is 1. The summed E-state index contributed by atoms with van der Waals surface area (Å²) in [6.07, 6.45) is 2.95. The normalized spacial score (nSPS) is 11.5. The number of primary amides is 1. The quantitative estimate of drug-likeness (QED) is 0.564. The van der Waals surface area contributed by atoms with E-state index in [-0.39, 0.29) is 5.57 Å². The SMILES string of the molecule is Cc1[nH]nc2ncc(-c3ccc(/C=C(\C#N)C(N)=O)o3)cc12. The Hall–Kier alpha value is -3.40. The molecule has 0 aliphatic carbocycles. The number of hydrogen-bond acceptors (Lipinski definition) is 5. The van der Waals surface area contributed by atoms with Gasteiger partial charge in [-0.2, -0.15) is 10.4 Å². The van der Waals surface area contributed by atoms with Crippen molar-refractivity contribution in [2.75, 3.05) is 0 Å². The van der Waals surface area contributed by atoms with E-state index in [9.17, 15) is 4.79 Å². The molecule has 7 heteroatoms. The van der Waals surface area contributed by atoms with Crippen LogP contribution in [0.2, 0.25) is 0 Å². The van der Waals surface area contributed by atoms with Gasteiger partial charge >= 0.3 is 0 Å². The number of aromatic nitrogens is 3. The lowest BCUT2D eigenvalue weighted by Gasteiger charge is -1.97. The van der Waals surface area contributed by atoms with Crippen LogP contribution in [0.5, 0.6) is 0 Å². The van der Waals surface area contributed by atoms with Gasteiger partial charge in [0.15, 0.2) is 5.65 Å². The van der Waals surface area contributed by atoms with Gasteiger partial charge in [0.2, 0.25) is 0 Å². The van der Waals surface area contributed by atoms with E-state index in [1.165, 1.54) is 6.08 Å². The highest BCUT2D eigenvalue weighted by Gasteiger charge is 2.10. The van der Waals surface area contributed by atoms with E-state index in [1.54, 1.807) is 24.4 Å². The largest absolute Gasteiger partial charge is 0.457 e. The van der Waals surface area contributed by atoms with Gasteiger partial charge in [-0.15, -0.1) is 0 Å². The minimum Gasteiger partial charge on any atom is -0.457 e. The van der Waals surface area contributed by atoms with Crippen LogP contribution in [-0.2, 0) is 4.79 Å². The fourth-order valence-electron chi connectivity index (χ4n) is 2.04. The first-order valence-electron chi connectivity index (χ1n) is 6.41. The molecule has 0 spiro atoms. The Balaban J connectivity index is 2.00. The van der Waals surface area contributed by atoms with Crippen LogP contribution in [-0.4, -0.2) is 21.1 Å². The van der Waals surface area contributed by atoms with Gasteiger partial charge in [-0.05, 0) is 25.1 Å². The standard InChI is InChI=1S/C15H11N5O2/c1-8-12-5-10(7-18-15(12)20-19-8)13-3-2-11(22-13)4-9(6-16)14(17)21/h2-5,7H,1H3,(H2,17,21)(H,18,19,20)/b9-4+. The fraction of sp³-hybridized carbons (Fsp3) is 0.0667. The fourth-order valence-corrected chi connectivity index (χ4v) is 2.04. The molecule has 3 N–H and O–H groups in total. The number of H-pyrrole nitrogens is 1. The van der Waals surface area contributed by atoms with Crippen molar-refractivity contribution in [3.63, 3.8) is 0 Å². The van der Waals surface area contributed by atoms with Crippen molar-refractivity contribution in [3.8, 4) is 17.4 Å². The van der Waals surface area contributed by atoms with Crippen molar-refractivity contribution in [3.05, 3.63) is 41.4 Å². The highest BCUT2D eigenvalue weighted by molar-refractivity contribution is 6.00. The molecule has 0 fully saturated rings. The Bertz CT molecular complexity index is 942. The molecule has 0 aliphatic rings. The third kappa shape index (κ3) is 2.33. The molecule has 3 rings (SSSR count). The van der Waals surface area contributed by atoms with Crippen molar-refractivity contribution < 1.29 is 9.21 Å². The monoisotopic (exact) mass is 293 g/mol. The van der Waals surface area contributed by atoms with E-state index in [1.807, 2.05) is 13.0 Å². The summed E-state index contributed by atoms with van der Waals surface area (Å²) in [6.45, 7) is 1.91. The average molecular weight is 293 g/mol. The van der Waals surface area contributed by atoms with Gasteiger partial charge in [0.05, 0.1) is 0 Å². The molecule has 0 bridgehead atoms. The number of fused-ring (bicyclic) bond motifs is 1.